The Balaban J connectivity index is 4.08. The minimum absolute atomic E-state index is 0.777. The van der Waals surface area contributed by atoms with Crippen LogP contribution in [0.1, 0.15) is 111 Å². The van der Waals surface area contributed by atoms with Crippen LogP contribution in [-0.2, 0) is 0 Å². The van der Waals surface area contributed by atoms with Gasteiger partial charge in [0.2, 0.25) is 0 Å². The number of hydrogen-bond acceptors (Lipinski definition) is 0. The van der Waals surface area contributed by atoms with Crippen molar-refractivity contribution in [2.24, 2.45) is 0 Å². The third kappa shape index (κ3) is 12.0. The van der Waals surface area contributed by atoms with Crippen LogP contribution in [0.2, 0.25) is 0 Å². The van der Waals surface area contributed by atoms with E-state index in [1.54, 1.807) is 0 Å². The van der Waals surface area contributed by atoms with Crippen molar-refractivity contribution in [3.8, 4) is 0 Å². The molecular formula is C22H47N+. The van der Waals surface area contributed by atoms with E-state index in [2.05, 4.69) is 34.7 Å². The molecule has 0 saturated heterocycles. The number of hydrogen-bond donors (Lipinski definition) is 0. The van der Waals surface area contributed by atoms with Crippen LogP contribution >= 0.6 is 0 Å². The highest BCUT2D eigenvalue weighted by atomic mass is 15.3. The molecule has 1 heteroatoms. The topological polar surface area (TPSA) is 0 Å². The van der Waals surface area contributed by atoms with Crippen molar-refractivity contribution in [3.05, 3.63) is 6.92 Å². The molecule has 0 aliphatic rings. The SMILES string of the molecule is [CH2]CCC(C)[N+](C)(CCCCCCCC)CCCCCCCC. The van der Waals surface area contributed by atoms with Crippen LogP contribution in [0.15, 0.2) is 0 Å². The Labute approximate surface area is 148 Å². The van der Waals surface area contributed by atoms with Gasteiger partial charge in [0.05, 0.1) is 26.2 Å². The predicted octanol–water partition coefficient (Wildman–Crippen LogP) is 7.16. The molecule has 139 valence electrons. The first kappa shape index (κ1) is 23.0. The van der Waals surface area contributed by atoms with E-state index in [1.165, 1.54) is 101 Å². The van der Waals surface area contributed by atoms with Crippen molar-refractivity contribution in [1.82, 2.24) is 0 Å². The summed E-state index contributed by atoms with van der Waals surface area (Å²) in [7, 11) is 2.51. The number of unbranched alkanes of at least 4 members (excludes halogenated alkanes) is 10. The Morgan fingerprint density at radius 2 is 1.09 bits per heavy atom. The quantitative estimate of drug-likeness (QED) is 0.197. The van der Waals surface area contributed by atoms with Crippen molar-refractivity contribution in [2.75, 3.05) is 20.1 Å². The summed E-state index contributed by atoms with van der Waals surface area (Å²) in [5.41, 5.74) is 0. The Kier molecular flexibility index (Phi) is 15.5. The molecule has 0 aromatic carbocycles. The van der Waals surface area contributed by atoms with Crippen LogP contribution in [0, 0.1) is 6.92 Å². The van der Waals surface area contributed by atoms with E-state index >= 15 is 0 Å². The second-order valence-electron chi connectivity index (χ2n) is 7.95. The van der Waals surface area contributed by atoms with Gasteiger partial charge in [-0.25, -0.2) is 0 Å². The highest BCUT2D eigenvalue weighted by molar-refractivity contribution is 4.57. The number of rotatable bonds is 17. The molecule has 0 saturated carbocycles. The van der Waals surface area contributed by atoms with Crippen molar-refractivity contribution in [2.45, 2.75) is 117 Å². The fraction of sp³-hybridized carbons (Fsp3) is 0.955. The van der Waals surface area contributed by atoms with Crippen molar-refractivity contribution < 1.29 is 4.48 Å². The van der Waals surface area contributed by atoms with Gasteiger partial charge in [-0.1, -0.05) is 72.1 Å². The van der Waals surface area contributed by atoms with Crippen LogP contribution in [0.5, 0.6) is 0 Å². The average Bonchev–Trinajstić information content (AvgIpc) is 2.54. The molecule has 1 nitrogen and oxygen atoms in total. The largest absolute Gasteiger partial charge is 0.324 e. The van der Waals surface area contributed by atoms with Gasteiger partial charge in [-0.05, 0) is 45.4 Å². The summed E-state index contributed by atoms with van der Waals surface area (Å²) in [6, 6.07) is 0.777. The molecule has 0 heterocycles. The standard InChI is InChI=1S/C22H47N/c1-6-9-11-13-15-17-20-23(5,22(4)19-8-3)21-18-16-14-12-10-7-2/h22H,3,6-21H2,1-2,4-5H3/q+1. The molecule has 0 aromatic rings. The molecule has 0 rings (SSSR count). The zero-order valence-electron chi connectivity index (χ0n) is 17.0. The first-order valence-electron chi connectivity index (χ1n) is 10.7. The maximum absolute atomic E-state index is 4.09. The molecule has 0 bridgehead atoms. The Morgan fingerprint density at radius 1 is 0.696 bits per heavy atom. The van der Waals surface area contributed by atoms with E-state index in [0.29, 0.717) is 0 Å². The lowest BCUT2D eigenvalue weighted by molar-refractivity contribution is -0.932. The van der Waals surface area contributed by atoms with Gasteiger partial charge in [0.25, 0.3) is 0 Å². The van der Waals surface area contributed by atoms with E-state index in [-0.39, 0.29) is 0 Å². The molecule has 1 radical (unpaired) electrons. The lowest BCUT2D eigenvalue weighted by atomic mass is 10.0. The van der Waals surface area contributed by atoms with E-state index in [0.717, 1.165) is 12.5 Å². The van der Waals surface area contributed by atoms with Crippen LogP contribution in [0.4, 0.5) is 0 Å². The van der Waals surface area contributed by atoms with Gasteiger partial charge in [0, 0.05) is 0 Å². The Bertz CT molecular complexity index is 220. The van der Waals surface area contributed by atoms with Gasteiger partial charge in [-0.3, -0.25) is 0 Å². The summed E-state index contributed by atoms with van der Waals surface area (Å²) in [5.74, 6) is 0. The monoisotopic (exact) mass is 325 g/mol. The number of quaternary nitrogens is 1. The highest BCUT2D eigenvalue weighted by Gasteiger charge is 2.27. The zero-order chi connectivity index (χ0) is 17.4. The van der Waals surface area contributed by atoms with Crippen molar-refractivity contribution in [1.29, 1.82) is 0 Å². The van der Waals surface area contributed by atoms with Crippen LogP contribution < -0.4 is 0 Å². The van der Waals surface area contributed by atoms with E-state index in [4.69, 9.17) is 0 Å². The minimum Gasteiger partial charge on any atom is -0.324 e. The molecule has 23 heavy (non-hydrogen) atoms. The molecule has 0 fully saturated rings. The van der Waals surface area contributed by atoms with Gasteiger partial charge in [0.1, 0.15) is 0 Å². The lowest BCUT2D eigenvalue weighted by Crippen LogP contribution is -2.52. The third-order valence-corrected chi connectivity index (χ3v) is 5.73. The molecule has 0 N–H and O–H groups in total. The fourth-order valence-corrected chi connectivity index (χ4v) is 3.67. The Morgan fingerprint density at radius 3 is 1.48 bits per heavy atom. The van der Waals surface area contributed by atoms with E-state index < -0.39 is 0 Å². The maximum Gasteiger partial charge on any atom is 0.0859 e. The summed E-state index contributed by atoms with van der Waals surface area (Å²) in [5, 5.41) is 0. The van der Waals surface area contributed by atoms with Gasteiger partial charge in [-0.15, -0.1) is 0 Å². The smallest absolute Gasteiger partial charge is 0.0859 e. The molecule has 0 spiro atoms. The maximum atomic E-state index is 4.09. The molecule has 1 atom stereocenters. The van der Waals surface area contributed by atoms with Crippen LogP contribution in [0.3, 0.4) is 0 Å². The minimum atomic E-state index is 0.777. The lowest BCUT2D eigenvalue weighted by Gasteiger charge is -2.40. The van der Waals surface area contributed by atoms with Gasteiger partial charge in [-0.2, -0.15) is 0 Å². The fourth-order valence-electron chi connectivity index (χ4n) is 3.67. The first-order valence-corrected chi connectivity index (χ1v) is 10.7. The van der Waals surface area contributed by atoms with Gasteiger partial charge < -0.3 is 4.48 Å². The van der Waals surface area contributed by atoms with E-state index in [1.807, 2.05) is 0 Å². The van der Waals surface area contributed by atoms with Crippen LogP contribution in [-0.4, -0.2) is 30.7 Å². The first-order chi connectivity index (χ1) is 11.1. The molecule has 1 unspecified atom stereocenters. The van der Waals surface area contributed by atoms with Crippen LogP contribution in [0.25, 0.3) is 0 Å². The summed E-state index contributed by atoms with van der Waals surface area (Å²) in [4.78, 5) is 0. The molecule has 0 aromatic heterocycles. The summed E-state index contributed by atoms with van der Waals surface area (Å²) < 4.78 is 1.29. The molecule has 0 aliphatic heterocycles. The highest BCUT2D eigenvalue weighted by Crippen LogP contribution is 2.20. The van der Waals surface area contributed by atoms with Gasteiger partial charge >= 0.3 is 0 Å². The number of nitrogens with zero attached hydrogens (tertiary/aromatic N) is 1. The third-order valence-electron chi connectivity index (χ3n) is 5.73. The zero-order valence-corrected chi connectivity index (χ0v) is 17.0. The van der Waals surface area contributed by atoms with Crippen molar-refractivity contribution >= 4 is 0 Å². The summed E-state index contributed by atoms with van der Waals surface area (Å²) >= 11 is 0. The summed E-state index contributed by atoms with van der Waals surface area (Å²) in [6.45, 7) is 13.9. The normalized spacial score (nSPS) is 13.4. The second kappa shape index (κ2) is 15.5. The molecule has 0 aliphatic carbocycles. The van der Waals surface area contributed by atoms with E-state index in [9.17, 15) is 0 Å². The second-order valence-corrected chi connectivity index (χ2v) is 7.95. The predicted molar refractivity (Wildman–Crippen MR) is 107 cm³/mol. The molecular weight excluding hydrogens is 278 g/mol. The Hall–Kier alpha value is -0.0400. The molecule has 0 amide bonds. The van der Waals surface area contributed by atoms with Crippen molar-refractivity contribution in [3.63, 3.8) is 0 Å². The average molecular weight is 326 g/mol. The summed E-state index contributed by atoms with van der Waals surface area (Å²) in [6.07, 6.45) is 19.4. The van der Waals surface area contributed by atoms with Gasteiger partial charge in [0.15, 0.2) is 0 Å².